The molecule has 5 nitrogen and oxygen atoms in total. The van der Waals surface area contributed by atoms with Crippen LogP contribution in [0.15, 0.2) is 12.4 Å². The lowest BCUT2D eigenvalue weighted by atomic mass is 10.1. The van der Waals surface area contributed by atoms with Gasteiger partial charge in [-0.05, 0) is 18.8 Å². The summed E-state index contributed by atoms with van der Waals surface area (Å²) in [6.07, 6.45) is 6.13. The van der Waals surface area contributed by atoms with Crippen molar-refractivity contribution < 1.29 is 4.79 Å². The van der Waals surface area contributed by atoms with Crippen LogP contribution >= 0.6 is 0 Å². The molecule has 0 aliphatic heterocycles. The molecule has 0 bridgehead atoms. The number of carbonyl (C=O) groups excluding carboxylic acids is 1. The Morgan fingerprint density at radius 3 is 3.07 bits per heavy atom. The largest absolute Gasteiger partial charge is 0.327 e. The molecule has 0 spiro atoms. The van der Waals surface area contributed by atoms with Gasteiger partial charge in [0.15, 0.2) is 0 Å². The molecule has 0 aromatic carbocycles. The van der Waals surface area contributed by atoms with Crippen LogP contribution < -0.4 is 11.1 Å². The van der Waals surface area contributed by atoms with Gasteiger partial charge in [-0.15, -0.1) is 0 Å². The van der Waals surface area contributed by atoms with Crippen molar-refractivity contribution >= 4 is 11.6 Å². The summed E-state index contributed by atoms with van der Waals surface area (Å²) in [5.41, 5.74) is 6.58. The maximum absolute atomic E-state index is 11.5. The molecule has 1 aromatic heterocycles. The maximum Gasteiger partial charge on any atom is 0.226 e. The molecule has 0 saturated heterocycles. The average Bonchev–Trinajstić information content (AvgIpc) is 2.92. The Morgan fingerprint density at radius 2 is 2.53 bits per heavy atom. The quantitative estimate of drug-likeness (QED) is 0.756. The molecule has 1 aliphatic carbocycles. The Labute approximate surface area is 88.6 Å². The van der Waals surface area contributed by atoms with Crippen LogP contribution in [-0.4, -0.2) is 21.7 Å². The first-order valence-electron chi connectivity index (χ1n) is 5.19. The molecular weight excluding hydrogens is 192 g/mol. The summed E-state index contributed by atoms with van der Waals surface area (Å²) in [6, 6.07) is 0.0154. The SMILES string of the molecule is Cn1cc(NC(=O)CC(N)C2CC2)cn1. The van der Waals surface area contributed by atoms with E-state index >= 15 is 0 Å². The monoisotopic (exact) mass is 208 g/mol. The van der Waals surface area contributed by atoms with Crippen LogP contribution in [0.1, 0.15) is 19.3 Å². The van der Waals surface area contributed by atoms with Crippen LogP contribution in [0.4, 0.5) is 5.69 Å². The lowest BCUT2D eigenvalue weighted by Crippen LogP contribution is -2.28. The Morgan fingerprint density at radius 1 is 1.80 bits per heavy atom. The second-order valence-electron chi connectivity index (χ2n) is 4.16. The van der Waals surface area contributed by atoms with Crippen molar-refractivity contribution in [3.05, 3.63) is 12.4 Å². The molecule has 5 heteroatoms. The van der Waals surface area contributed by atoms with Crippen molar-refractivity contribution in [3.8, 4) is 0 Å². The number of aromatic nitrogens is 2. The van der Waals surface area contributed by atoms with E-state index in [1.807, 2.05) is 7.05 Å². The molecule has 1 aliphatic rings. The van der Waals surface area contributed by atoms with E-state index in [0.29, 0.717) is 12.3 Å². The molecule has 1 fully saturated rings. The minimum absolute atomic E-state index is 0.0154. The molecular formula is C10H16N4O. The van der Waals surface area contributed by atoms with Crippen LogP contribution in [0.25, 0.3) is 0 Å². The summed E-state index contributed by atoms with van der Waals surface area (Å²) < 4.78 is 1.65. The van der Waals surface area contributed by atoms with Gasteiger partial charge in [-0.3, -0.25) is 9.48 Å². The molecule has 1 heterocycles. The van der Waals surface area contributed by atoms with Crippen molar-refractivity contribution in [2.24, 2.45) is 18.7 Å². The summed E-state index contributed by atoms with van der Waals surface area (Å²) in [7, 11) is 1.81. The zero-order valence-corrected chi connectivity index (χ0v) is 8.81. The van der Waals surface area contributed by atoms with Crippen molar-refractivity contribution in [1.29, 1.82) is 0 Å². The third kappa shape index (κ3) is 2.79. The maximum atomic E-state index is 11.5. The first kappa shape index (κ1) is 10.2. The fourth-order valence-electron chi connectivity index (χ4n) is 1.60. The summed E-state index contributed by atoms with van der Waals surface area (Å²) in [5, 5.41) is 6.74. The highest BCUT2D eigenvalue weighted by molar-refractivity contribution is 5.90. The average molecular weight is 208 g/mol. The first-order valence-corrected chi connectivity index (χ1v) is 5.19. The van der Waals surface area contributed by atoms with E-state index in [9.17, 15) is 4.79 Å². The lowest BCUT2D eigenvalue weighted by Gasteiger charge is -2.08. The van der Waals surface area contributed by atoms with Gasteiger partial charge in [-0.2, -0.15) is 5.10 Å². The molecule has 3 N–H and O–H groups in total. The van der Waals surface area contributed by atoms with E-state index in [4.69, 9.17) is 5.73 Å². The predicted octanol–water partition coefficient (Wildman–Crippen LogP) is 0.486. The molecule has 1 saturated carbocycles. The highest BCUT2D eigenvalue weighted by atomic mass is 16.1. The van der Waals surface area contributed by atoms with Crippen LogP contribution in [-0.2, 0) is 11.8 Å². The molecule has 2 rings (SSSR count). The van der Waals surface area contributed by atoms with Gasteiger partial charge in [-0.25, -0.2) is 0 Å². The first-order chi connectivity index (χ1) is 7.15. The van der Waals surface area contributed by atoms with Crippen molar-refractivity contribution in [1.82, 2.24) is 9.78 Å². The fraction of sp³-hybridized carbons (Fsp3) is 0.600. The topological polar surface area (TPSA) is 72.9 Å². The van der Waals surface area contributed by atoms with Gasteiger partial charge in [0.05, 0.1) is 11.9 Å². The number of amides is 1. The number of rotatable bonds is 4. The third-order valence-electron chi connectivity index (χ3n) is 2.64. The minimum atomic E-state index is -0.0256. The molecule has 15 heavy (non-hydrogen) atoms. The molecule has 1 atom stereocenters. The van der Waals surface area contributed by atoms with E-state index < -0.39 is 0 Å². The van der Waals surface area contributed by atoms with Crippen LogP contribution in [0.2, 0.25) is 0 Å². The Kier molecular flexibility index (Phi) is 2.73. The second-order valence-corrected chi connectivity index (χ2v) is 4.16. The highest BCUT2D eigenvalue weighted by Crippen LogP contribution is 2.32. The van der Waals surface area contributed by atoms with Crippen molar-refractivity contribution in [2.45, 2.75) is 25.3 Å². The van der Waals surface area contributed by atoms with Crippen LogP contribution in [0.5, 0.6) is 0 Å². The standard InChI is InChI=1S/C10H16N4O/c1-14-6-8(5-12-14)13-10(15)4-9(11)7-2-3-7/h5-7,9H,2-4,11H2,1H3,(H,13,15). The smallest absolute Gasteiger partial charge is 0.226 e. The molecule has 1 aromatic rings. The number of nitrogens with two attached hydrogens (primary N) is 1. The number of aryl methyl sites for hydroxylation is 1. The van der Waals surface area contributed by atoms with Crippen LogP contribution in [0.3, 0.4) is 0 Å². The normalized spacial score (nSPS) is 17.5. The van der Waals surface area contributed by atoms with E-state index in [-0.39, 0.29) is 11.9 Å². The molecule has 0 radical (unpaired) electrons. The Balaban J connectivity index is 1.81. The summed E-state index contributed by atoms with van der Waals surface area (Å²) >= 11 is 0. The van der Waals surface area contributed by atoms with E-state index in [2.05, 4.69) is 10.4 Å². The number of nitrogens with zero attached hydrogens (tertiary/aromatic N) is 2. The minimum Gasteiger partial charge on any atom is -0.327 e. The summed E-state index contributed by atoms with van der Waals surface area (Å²) in [6.45, 7) is 0. The molecule has 82 valence electrons. The second kappa shape index (κ2) is 4.02. The molecule has 1 amide bonds. The molecule has 1 unspecified atom stereocenters. The van der Waals surface area contributed by atoms with Crippen molar-refractivity contribution in [2.75, 3.05) is 5.32 Å². The van der Waals surface area contributed by atoms with E-state index in [1.54, 1.807) is 17.1 Å². The van der Waals surface area contributed by atoms with E-state index in [0.717, 1.165) is 5.69 Å². The predicted molar refractivity (Wildman–Crippen MR) is 57.2 cm³/mol. The van der Waals surface area contributed by atoms with Gasteiger partial charge in [0.1, 0.15) is 0 Å². The third-order valence-corrected chi connectivity index (χ3v) is 2.64. The number of hydrogen-bond acceptors (Lipinski definition) is 3. The summed E-state index contributed by atoms with van der Waals surface area (Å²) in [4.78, 5) is 11.5. The zero-order chi connectivity index (χ0) is 10.8. The van der Waals surface area contributed by atoms with Gasteiger partial charge in [0.2, 0.25) is 5.91 Å². The van der Waals surface area contributed by atoms with Crippen molar-refractivity contribution in [3.63, 3.8) is 0 Å². The van der Waals surface area contributed by atoms with Gasteiger partial charge < -0.3 is 11.1 Å². The Bertz CT molecular complexity index is 356. The number of anilines is 1. The number of nitrogens with one attached hydrogen (secondary N) is 1. The van der Waals surface area contributed by atoms with Crippen LogP contribution in [0, 0.1) is 5.92 Å². The van der Waals surface area contributed by atoms with Gasteiger partial charge in [0, 0.05) is 25.7 Å². The number of carbonyl (C=O) groups is 1. The number of hydrogen-bond donors (Lipinski definition) is 2. The van der Waals surface area contributed by atoms with Gasteiger partial charge in [0.25, 0.3) is 0 Å². The van der Waals surface area contributed by atoms with Gasteiger partial charge in [-0.1, -0.05) is 0 Å². The highest BCUT2D eigenvalue weighted by Gasteiger charge is 2.29. The Hall–Kier alpha value is -1.36. The van der Waals surface area contributed by atoms with E-state index in [1.165, 1.54) is 12.8 Å². The fourth-order valence-corrected chi connectivity index (χ4v) is 1.60. The summed E-state index contributed by atoms with van der Waals surface area (Å²) in [5.74, 6) is 0.534. The van der Waals surface area contributed by atoms with Gasteiger partial charge >= 0.3 is 0 Å². The lowest BCUT2D eigenvalue weighted by molar-refractivity contribution is -0.116. The zero-order valence-electron chi connectivity index (χ0n) is 8.81.